The van der Waals surface area contributed by atoms with E-state index in [1.54, 1.807) is 13.4 Å². The Balaban J connectivity index is 2.33. The first kappa shape index (κ1) is 9.09. The molecule has 3 nitrogen and oxygen atoms in total. The fourth-order valence-electron chi connectivity index (χ4n) is 1.89. The summed E-state index contributed by atoms with van der Waals surface area (Å²) in [5.74, 6) is 1.67. The number of rotatable bonds is 2. The Hall–Kier alpha value is -2.16. The Morgan fingerprint density at radius 3 is 2.94 bits per heavy atom. The number of fused-ring (bicyclic) bond motifs is 1. The molecule has 0 unspecified atom stereocenters. The first-order valence-electron chi connectivity index (χ1n) is 5.07. The van der Waals surface area contributed by atoms with Crippen LogP contribution in [0.15, 0.2) is 47.2 Å². The van der Waals surface area contributed by atoms with Crippen molar-refractivity contribution in [3.63, 3.8) is 0 Å². The van der Waals surface area contributed by atoms with Crippen LogP contribution in [0.1, 0.15) is 0 Å². The SMILES string of the molecule is COc1cc(-c2ccco2)c2cc[nH]c2c1. The topological polar surface area (TPSA) is 38.2 Å². The minimum absolute atomic E-state index is 0.821. The van der Waals surface area contributed by atoms with E-state index in [0.717, 1.165) is 28.0 Å². The third-order valence-electron chi connectivity index (χ3n) is 2.66. The Kier molecular flexibility index (Phi) is 1.96. The smallest absolute Gasteiger partial charge is 0.134 e. The second kappa shape index (κ2) is 3.45. The van der Waals surface area contributed by atoms with Gasteiger partial charge in [0.1, 0.15) is 11.5 Å². The highest BCUT2D eigenvalue weighted by atomic mass is 16.5. The largest absolute Gasteiger partial charge is 0.497 e. The molecule has 0 saturated heterocycles. The van der Waals surface area contributed by atoms with E-state index < -0.39 is 0 Å². The van der Waals surface area contributed by atoms with E-state index in [1.165, 1.54) is 0 Å². The Morgan fingerprint density at radius 2 is 2.19 bits per heavy atom. The molecule has 3 heteroatoms. The van der Waals surface area contributed by atoms with Gasteiger partial charge in [0.25, 0.3) is 0 Å². The number of nitrogens with one attached hydrogen (secondary N) is 1. The van der Waals surface area contributed by atoms with E-state index in [1.807, 2.05) is 36.5 Å². The van der Waals surface area contributed by atoms with Gasteiger partial charge in [-0.25, -0.2) is 0 Å². The van der Waals surface area contributed by atoms with Gasteiger partial charge in [-0.2, -0.15) is 0 Å². The first-order valence-corrected chi connectivity index (χ1v) is 5.07. The molecule has 1 aromatic carbocycles. The minimum Gasteiger partial charge on any atom is -0.497 e. The molecule has 3 aromatic rings. The average Bonchev–Trinajstić information content (AvgIpc) is 2.98. The molecule has 0 amide bonds. The molecule has 2 aromatic heterocycles. The monoisotopic (exact) mass is 213 g/mol. The lowest BCUT2D eigenvalue weighted by atomic mass is 10.1. The predicted octanol–water partition coefficient (Wildman–Crippen LogP) is 3.44. The molecule has 0 saturated carbocycles. The maximum atomic E-state index is 5.43. The maximum absolute atomic E-state index is 5.43. The molecule has 80 valence electrons. The van der Waals surface area contributed by atoms with Crippen LogP contribution in [-0.4, -0.2) is 12.1 Å². The number of hydrogen-bond acceptors (Lipinski definition) is 2. The van der Waals surface area contributed by atoms with Crippen LogP contribution in [0.25, 0.3) is 22.2 Å². The van der Waals surface area contributed by atoms with Crippen molar-refractivity contribution >= 4 is 10.9 Å². The summed E-state index contributed by atoms with van der Waals surface area (Å²) in [6, 6.07) is 9.82. The Labute approximate surface area is 92.7 Å². The number of furan rings is 1. The summed E-state index contributed by atoms with van der Waals surface area (Å²) in [6.07, 6.45) is 3.59. The van der Waals surface area contributed by atoms with Gasteiger partial charge in [0.05, 0.1) is 13.4 Å². The molecule has 0 fully saturated rings. The molecular formula is C13H11NO2. The number of hydrogen-bond donors (Lipinski definition) is 1. The maximum Gasteiger partial charge on any atom is 0.134 e. The molecule has 1 N–H and O–H groups in total. The van der Waals surface area contributed by atoms with E-state index in [4.69, 9.17) is 9.15 Å². The molecule has 16 heavy (non-hydrogen) atoms. The van der Waals surface area contributed by atoms with Crippen molar-refractivity contribution in [2.24, 2.45) is 0 Å². The number of ether oxygens (including phenoxy) is 1. The lowest BCUT2D eigenvalue weighted by molar-refractivity contribution is 0.415. The van der Waals surface area contributed by atoms with Crippen molar-refractivity contribution in [3.8, 4) is 17.1 Å². The van der Waals surface area contributed by atoms with E-state index >= 15 is 0 Å². The minimum atomic E-state index is 0.821. The summed E-state index contributed by atoms with van der Waals surface area (Å²) in [5, 5.41) is 1.13. The van der Waals surface area contributed by atoms with Crippen LogP contribution in [0.5, 0.6) is 5.75 Å². The van der Waals surface area contributed by atoms with Crippen molar-refractivity contribution in [1.29, 1.82) is 0 Å². The highest BCUT2D eigenvalue weighted by molar-refractivity contribution is 5.95. The van der Waals surface area contributed by atoms with E-state index in [2.05, 4.69) is 4.98 Å². The van der Waals surface area contributed by atoms with Gasteiger partial charge in [0.15, 0.2) is 0 Å². The second-order valence-corrected chi connectivity index (χ2v) is 3.59. The molecule has 0 atom stereocenters. The van der Waals surface area contributed by atoms with Crippen molar-refractivity contribution in [1.82, 2.24) is 4.98 Å². The van der Waals surface area contributed by atoms with Crippen LogP contribution in [-0.2, 0) is 0 Å². The fourth-order valence-corrected chi connectivity index (χ4v) is 1.89. The number of methoxy groups -OCH3 is 1. The summed E-state index contributed by atoms with van der Waals surface area (Å²) in [4.78, 5) is 3.17. The van der Waals surface area contributed by atoms with Crippen LogP contribution in [0.3, 0.4) is 0 Å². The lowest BCUT2D eigenvalue weighted by Crippen LogP contribution is -1.84. The van der Waals surface area contributed by atoms with Crippen LogP contribution in [0, 0.1) is 0 Å². The van der Waals surface area contributed by atoms with Crippen molar-refractivity contribution in [2.45, 2.75) is 0 Å². The number of H-pyrrole nitrogens is 1. The summed E-state index contributed by atoms with van der Waals surface area (Å²) >= 11 is 0. The summed E-state index contributed by atoms with van der Waals surface area (Å²) in [6.45, 7) is 0. The highest BCUT2D eigenvalue weighted by Crippen LogP contribution is 2.32. The van der Waals surface area contributed by atoms with Gasteiger partial charge in [-0.05, 0) is 24.3 Å². The molecule has 0 aliphatic heterocycles. The third-order valence-corrected chi connectivity index (χ3v) is 2.66. The summed E-state index contributed by atoms with van der Waals surface area (Å²) in [5.41, 5.74) is 2.09. The Morgan fingerprint density at radius 1 is 1.25 bits per heavy atom. The summed E-state index contributed by atoms with van der Waals surface area (Å²) in [7, 11) is 1.66. The molecule has 0 aliphatic rings. The second-order valence-electron chi connectivity index (χ2n) is 3.59. The van der Waals surface area contributed by atoms with Crippen molar-refractivity contribution in [2.75, 3.05) is 7.11 Å². The number of aromatic nitrogens is 1. The van der Waals surface area contributed by atoms with Gasteiger partial charge in [0.2, 0.25) is 0 Å². The quantitative estimate of drug-likeness (QED) is 0.708. The van der Waals surface area contributed by atoms with Crippen LogP contribution < -0.4 is 4.74 Å². The molecule has 0 spiro atoms. The summed E-state index contributed by atoms with van der Waals surface area (Å²) < 4.78 is 10.7. The van der Waals surface area contributed by atoms with Gasteiger partial charge in [-0.15, -0.1) is 0 Å². The van der Waals surface area contributed by atoms with E-state index in [0.29, 0.717) is 0 Å². The number of aromatic amines is 1. The van der Waals surface area contributed by atoms with E-state index in [9.17, 15) is 0 Å². The van der Waals surface area contributed by atoms with Gasteiger partial charge < -0.3 is 14.1 Å². The van der Waals surface area contributed by atoms with Gasteiger partial charge in [-0.1, -0.05) is 0 Å². The molecule has 0 aliphatic carbocycles. The van der Waals surface area contributed by atoms with Crippen molar-refractivity contribution in [3.05, 3.63) is 42.8 Å². The first-order chi connectivity index (χ1) is 7.88. The lowest BCUT2D eigenvalue weighted by Gasteiger charge is -2.04. The highest BCUT2D eigenvalue weighted by Gasteiger charge is 2.09. The fraction of sp³-hybridized carbons (Fsp3) is 0.0769. The third kappa shape index (κ3) is 1.29. The van der Waals surface area contributed by atoms with Crippen LogP contribution >= 0.6 is 0 Å². The average molecular weight is 213 g/mol. The molecule has 2 heterocycles. The normalized spacial score (nSPS) is 10.8. The Bertz CT molecular complexity index is 608. The molecule has 0 radical (unpaired) electrons. The van der Waals surface area contributed by atoms with Crippen LogP contribution in [0.4, 0.5) is 0 Å². The molecule has 3 rings (SSSR count). The van der Waals surface area contributed by atoms with Crippen molar-refractivity contribution < 1.29 is 9.15 Å². The zero-order chi connectivity index (χ0) is 11.0. The number of benzene rings is 1. The predicted molar refractivity (Wildman–Crippen MR) is 62.6 cm³/mol. The van der Waals surface area contributed by atoms with Gasteiger partial charge in [-0.3, -0.25) is 0 Å². The molecule has 0 bridgehead atoms. The zero-order valence-electron chi connectivity index (χ0n) is 8.86. The van der Waals surface area contributed by atoms with Gasteiger partial charge >= 0.3 is 0 Å². The zero-order valence-corrected chi connectivity index (χ0v) is 8.86. The van der Waals surface area contributed by atoms with Crippen LogP contribution in [0.2, 0.25) is 0 Å². The van der Waals surface area contributed by atoms with E-state index in [-0.39, 0.29) is 0 Å². The van der Waals surface area contributed by atoms with Gasteiger partial charge in [0, 0.05) is 28.7 Å². The molecular weight excluding hydrogens is 202 g/mol. The standard InChI is InChI=1S/C13H11NO2/c1-15-9-7-11(13-3-2-6-16-13)10-4-5-14-12(10)8-9/h2-8,14H,1H3.